The van der Waals surface area contributed by atoms with Crippen LogP contribution >= 0.6 is 0 Å². The maximum atomic E-state index is 12.0. The topological polar surface area (TPSA) is 59.6 Å². The molecule has 0 saturated carbocycles. The summed E-state index contributed by atoms with van der Waals surface area (Å²) in [5, 5.41) is 6.27. The number of amides is 1. The average molecular weight is 292 g/mol. The van der Waals surface area contributed by atoms with E-state index in [0.29, 0.717) is 0 Å². The van der Waals surface area contributed by atoms with Gasteiger partial charge < -0.3 is 20.1 Å². The van der Waals surface area contributed by atoms with Crippen LogP contribution in [0.2, 0.25) is 0 Å². The van der Waals surface area contributed by atoms with E-state index < -0.39 is 5.60 Å². The van der Waals surface area contributed by atoms with Crippen molar-refractivity contribution in [3.8, 4) is 5.75 Å². The fraction of sp³-hybridized carbons (Fsp3) is 0.562. The number of carbonyl (C=O) groups is 1. The van der Waals surface area contributed by atoms with Crippen molar-refractivity contribution in [2.24, 2.45) is 0 Å². The third kappa shape index (κ3) is 4.11. The molecule has 116 valence electrons. The van der Waals surface area contributed by atoms with Gasteiger partial charge in [-0.3, -0.25) is 0 Å². The van der Waals surface area contributed by atoms with E-state index in [1.807, 2.05) is 45.0 Å². The van der Waals surface area contributed by atoms with Crippen molar-refractivity contribution in [2.75, 3.05) is 20.2 Å². The maximum absolute atomic E-state index is 12.0. The van der Waals surface area contributed by atoms with Crippen LogP contribution in [0.15, 0.2) is 24.3 Å². The van der Waals surface area contributed by atoms with Gasteiger partial charge in [0.15, 0.2) is 0 Å². The van der Waals surface area contributed by atoms with Gasteiger partial charge in [0, 0.05) is 24.6 Å². The molecule has 21 heavy (non-hydrogen) atoms. The molecule has 1 heterocycles. The van der Waals surface area contributed by atoms with Crippen LogP contribution < -0.4 is 15.4 Å². The van der Waals surface area contributed by atoms with Crippen molar-refractivity contribution in [2.45, 2.75) is 38.3 Å². The highest BCUT2D eigenvalue weighted by molar-refractivity contribution is 5.68. The molecular weight excluding hydrogens is 268 g/mol. The number of alkyl carbamates (subject to hydrolysis) is 1. The van der Waals surface area contributed by atoms with E-state index in [-0.39, 0.29) is 18.1 Å². The Labute approximate surface area is 126 Å². The van der Waals surface area contributed by atoms with Crippen LogP contribution in [-0.2, 0) is 4.74 Å². The van der Waals surface area contributed by atoms with Gasteiger partial charge in [0.25, 0.3) is 0 Å². The number of methoxy groups -OCH3 is 1. The third-order valence-electron chi connectivity index (χ3n) is 3.45. The van der Waals surface area contributed by atoms with Crippen LogP contribution in [0.1, 0.15) is 32.3 Å². The molecule has 0 radical (unpaired) electrons. The van der Waals surface area contributed by atoms with Gasteiger partial charge in [-0.1, -0.05) is 18.2 Å². The number of benzene rings is 1. The smallest absolute Gasteiger partial charge is 0.407 e. The fourth-order valence-corrected chi connectivity index (χ4v) is 2.59. The Morgan fingerprint density at radius 3 is 2.67 bits per heavy atom. The summed E-state index contributed by atoms with van der Waals surface area (Å²) in [4.78, 5) is 12.0. The Hall–Kier alpha value is -1.75. The average Bonchev–Trinajstić information content (AvgIpc) is 2.84. The van der Waals surface area contributed by atoms with E-state index in [2.05, 4.69) is 10.6 Å². The van der Waals surface area contributed by atoms with Gasteiger partial charge in [0.1, 0.15) is 11.4 Å². The Morgan fingerprint density at radius 2 is 2.00 bits per heavy atom. The normalized spacial score (nSPS) is 21.9. The minimum Gasteiger partial charge on any atom is -0.496 e. The number of hydrogen-bond acceptors (Lipinski definition) is 4. The second kappa shape index (κ2) is 6.35. The van der Waals surface area contributed by atoms with E-state index in [1.165, 1.54) is 0 Å². The molecule has 1 amide bonds. The Balaban J connectivity index is 2.08. The first-order valence-electron chi connectivity index (χ1n) is 7.24. The highest BCUT2D eigenvalue weighted by atomic mass is 16.6. The minimum absolute atomic E-state index is 0.00356. The van der Waals surface area contributed by atoms with Gasteiger partial charge >= 0.3 is 6.09 Å². The van der Waals surface area contributed by atoms with Gasteiger partial charge in [-0.2, -0.15) is 0 Å². The first kappa shape index (κ1) is 15.6. The van der Waals surface area contributed by atoms with Crippen LogP contribution in [0.5, 0.6) is 5.75 Å². The lowest BCUT2D eigenvalue weighted by Crippen LogP contribution is -2.42. The molecule has 5 heteroatoms. The molecule has 0 bridgehead atoms. The number of hydrogen-bond donors (Lipinski definition) is 2. The summed E-state index contributed by atoms with van der Waals surface area (Å²) in [5.41, 5.74) is 0.613. The van der Waals surface area contributed by atoms with E-state index in [4.69, 9.17) is 9.47 Å². The van der Waals surface area contributed by atoms with Crippen molar-refractivity contribution in [1.29, 1.82) is 0 Å². The van der Waals surface area contributed by atoms with Crippen molar-refractivity contribution in [3.63, 3.8) is 0 Å². The van der Waals surface area contributed by atoms with Gasteiger partial charge in [0.2, 0.25) is 0 Å². The second-order valence-electron chi connectivity index (χ2n) is 6.26. The van der Waals surface area contributed by atoms with Gasteiger partial charge in [-0.05, 0) is 26.8 Å². The summed E-state index contributed by atoms with van der Waals surface area (Å²) in [7, 11) is 1.66. The standard InChI is InChI=1S/C16H24N2O3/c1-16(2,3)21-15(19)18-13-10-17-9-12(13)11-7-5-6-8-14(11)20-4/h5-8,12-13,17H,9-10H2,1-4H3,(H,18,19)/t12-,13-/m1/s1. The molecule has 1 aromatic carbocycles. The number of ether oxygens (including phenoxy) is 2. The minimum atomic E-state index is -0.490. The molecule has 1 aliphatic rings. The zero-order chi connectivity index (χ0) is 15.5. The van der Waals surface area contributed by atoms with Crippen LogP contribution in [0.3, 0.4) is 0 Å². The van der Waals surface area contributed by atoms with E-state index >= 15 is 0 Å². The van der Waals surface area contributed by atoms with Crippen molar-refractivity contribution in [1.82, 2.24) is 10.6 Å². The highest BCUT2D eigenvalue weighted by Gasteiger charge is 2.32. The molecule has 5 nitrogen and oxygen atoms in total. The summed E-state index contributed by atoms with van der Waals surface area (Å²) >= 11 is 0. The number of carbonyl (C=O) groups excluding carboxylic acids is 1. The van der Waals surface area contributed by atoms with Crippen LogP contribution in [0.25, 0.3) is 0 Å². The van der Waals surface area contributed by atoms with Crippen LogP contribution in [0, 0.1) is 0 Å². The summed E-state index contributed by atoms with van der Waals surface area (Å²) in [6, 6.07) is 7.91. The molecule has 0 aromatic heterocycles. The molecule has 1 aromatic rings. The summed E-state index contributed by atoms with van der Waals surface area (Å²) in [5.74, 6) is 1.02. The highest BCUT2D eigenvalue weighted by Crippen LogP contribution is 2.30. The van der Waals surface area contributed by atoms with Gasteiger partial charge in [-0.25, -0.2) is 4.79 Å². The molecule has 1 fully saturated rings. The first-order valence-corrected chi connectivity index (χ1v) is 7.24. The number of nitrogens with one attached hydrogen (secondary N) is 2. The molecule has 2 rings (SSSR count). The van der Waals surface area contributed by atoms with E-state index in [9.17, 15) is 4.79 Å². The zero-order valence-corrected chi connectivity index (χ0v) is 13.1. The molecule has 0 spiro atoms. The third-order valence-corrected chi connectivity index (χ3v) is 3.45. The molecule has 0 unspecified atom stereocenters. The number of para-hydroxylation sites is 1. The molecular formula is C16H24N2O3. The van der Waals surface area contributed by atoms with Crippen molar-refractivity contribution >= 4 is 6.09 Å². The van der Waals surface area contributed by atoms with E-state index in [0.717, 1.165) is 24.4 Å². The molecule has 2 N–H and O–H groups in total. The summed E-state index contributed by atoms with van der Waals surface area (Å²) in [6.07, 6.45) is -0.379. The van der Waals surface area contributed by atoms with Crippen LogP contribution in [0.4, 0.5) is 4.79 Å². The van der Waals surface area contributed by atoms with E-state index in [1.54, 1.807) is 7.11 Å². The fourth-order valence-electron chi connectivity index (χ4n) is 2.59. The quantitative estimate of drug-likeness (QED) is 0.897. The molecule has 0 aliphatic carbocycles. The maximum Gasteiger partial charge on any atom is 0.407 e. The lowest BCUT2D eigenvalue weighted by Gasteiger charge is -2.25. The zero-order valence-electron chi connectivity index (χ0n) is 13.1. The largest absolute Gasteiger partial charge is 0.496 e. The summed E-state index contributed by atoms with van der Waals surface area (Å²) in [6.45, 7) is 7.11. The van der Waals surface area contributed by atoms with Gasteiger partial charge in [0.05, 0.1) is 13.2 Å². The summed E-state index contributed by atoms with van der Waals surface area (Å²) < 4.78 is 10.8. The lowest BCUT2D eigenvalue weighted by molar-refractivity contribution is 0.0504. The Kier molecular flexibility index (Phi) is 4.73. The molecule has 1 saturated heterocycles. The predicted molar refractivity (Wildman–Crippen MR) is 81.8 cm³/mol. The predicted octanol–water partition coefficient (Wildman–Crippen LogP) is 2.28. The number of rotatable bonds is 3. The van der Waals surface area contributed by atoms with Crippen molar-refractivity contribution < 1.29 is 14.3 Å². The van der Waals surface area contributed by atoms with Gasteiger partial charge in [-0.15, -0.1) is 0 Å². The Bertz CT molecular complexity index is 497. The monoisotopic (exact) mass is 292 g/mol. The second-order valence-corrected chi connectivity index (χ2v) is 6.26. The van der Waals surface area contributed by atoms with Crippen LogP contribution in [-0.4, -0.2) is 37.9 Å². The lowest BCUT2D eigenvalue weighted by atomic mass is 9.93. The molecule has 1 aliphatic heterocycles. The molecule has 2 atom stereocenters. The SMILES string of the molecule is COc1ccccc1[C@H]1CNC[C@H]1NC(=O)OC(C)(C)C. The van der Waals surface area contributed by atoms with Crippen molar-refractivity contribution in [3.05, 3.63) is 29.8 Å². The first-order chi connectivity index (χ1) is 9.90. The Morgan fingerprint density at radius 1 is 1.29 bits per heavy atom.